The molecule has 1 N–H and O–H groups in total. The van der Waals surface area contributed by atoms with Crippen molar-refractivity contribution >= 4 is 34.8 Å². The third kappa shape index (κ3) is 4.24. The Morgan fingerprint density at radius 3 is 2.32 bits per heavy atom. The monoisotopic (exact) mass is 369 g/mol. The highest BCUT2D eigenvalue weighted by molar-refractivity contribution is 6.42. The second-order valence-corrected chi connectivity index (χ2v) is 5.95. The molecule has 3 aromatic rings. The Morgan fingerprint density at radius 1 is 0.880 bits per heavy atom. The molecular formula is C19H13Cl2N3O. The average molecular weight is 370 g/mol. The summed E-state index contributed by atoms with van der Waals surface area (Å²) >= 11 is 12.1. The highest BCUT2D eigenvalue weighted by Crippen LogP contribution is 2.24. The lowest BCUT2D eigenvalue weighted by molar-refractivity contribution is 0.0954. The number of pyridine rings is 1. The van der Waals surface area contributed by atoms with Gasteiger partial charge in [-0.15, -0.1) is 0 Å². The number of aromatic nitrogens is 1. The fourth-order valence-electron chi connectivity index (χ4n) is 2.20. The molecule has 6 heteroatoms. The van der Waals surface area contributed by atoms with E-state index in [1.54, 1.807) is 36.5 Å². The van der Waals surface area contributed by atoms with E-state index >= 15 is 0 Å². The van der Waals surface area contributed by atoms with Crippen LogP contribution in [0.15, 0.2) is 78.2 Å². The van der Waals surface area contributed by atoms with Crippen molar-refractivity contribution in [1.29, 1.82) is 0 Å². The standard InChI is InChI=1S/C19H13Cl2N3O/c20-16-9-8-14(11-17(16)21)18(13-5-2-1-3-6-13)23-24-19(25)15-7-4-10-22-12-15/h1-12H,(H,24,25)/b23-18+. The molecule has 1 amide bonds. The maximum absolute atomic E-state index is 12.2. The third-order valence-corrected chi connectivity index (χ3v) is 4.17. The van der Waals surface area contributed by atoms with Crippen molar-refractivity contribution in [2.24, 2.45) is 5.10 Å². The highest BCUT2D eigenvalue weighted by Gasteiger charge is 2.11. The minimum Gasteiger partial charge on any atom is -0.267 e. The van der Waals surface area contributed by atoms with E-state index in [9.17, 15) is 4.79 Å². The van der Waals surface area contributed by atoms with Crippen LogP contribution in [0.2, 0.25) is 10.0 Å². The fourth-order valence-corrected chi connectivity index (χ4v) is 2.50. The molecule has 1 aromatic heterocycles. The molecule has 0 unspecified atom stereocenters. The van der Waals surface area contributed by atoms with E-state index in [1.165, 1.54) is 6.20 Å². The number of benzene rings is 2. The number of hydrogen-bond donors (Lipinski definition) is 1. The minimum absolute atomic E-state index is 0.346. The van der Waals surface area contributed by atoms with E-state index < -0.39 is 0 Å². The van der Waals surface area contributed by atoms with Crippen LogP contribution in [-0.4, -0.2) is 16.6 Å². The summed E-state index contributed by atoms with van der Waals surface area (Å²) in [5.41, 5.74) is 5.15. The van der Waals surface area contributed by atoms with Crippen molar-refractivity contribution in [2.75, 3.05) is 0 Å². The minimum atomic E-state index is -0.346. The van der Waals surface area contributed by atoms with Crippen LogP contribution >= 0.6 is 23.2 Å². The van der Waals surface area contributed by atoms with Gasteiger partial charge in [-0.1, -0.05) is 59.6 Å². The first-order valence-corrected chi connectivity index (χ1v) is 8.19. The van der Waals surface area contributed by atoms with Gasteiger partial charge in [0.2, 0.25) is 0 Å². The zero-order chi connectivity index (χ0) is 17.6. The summed E-state index contributed by atoms with van der Waals surface area (Å²) in [5, 5.41) is 5.17. The number of amides is 1. The van der Waals surface area contributed by atoms with Crippen LogP contribution in [0.4, 0.5) is 0 Å². The summed E-state index contributed by atoms with van der Waals surface area (Å²) in [4.78, 5) is 16.2. The zero-order valence-electron chi connectivity index (χ0n) is 13.0. The van der Waals surface area contributed by atoms with Crippen LogP contribution in [0.1, 0.15) is 21.5 Å². The van der Waals surface area contributed by atoms with Gasteiger partial charge in [-0.3, -0.25) is 9.78 Å². The topological polar surface area (TPSA) is 54.4 Å². The second-order valence-electron chi connectivity index (χ2n) is 5.14. The molecule has 0 saturated heterocycles. The average Bonchev–Trinajstić information content (AvgIpc) is 2.66. The molecule has 0 aliphatic heterocycles. The van der Waals surface area contributed by atoms with Crippen LogP contribution in [-0.2, 0) is 0 Å². The first-order valence-electron chi connectivity index (χ1n) is 7.44. The Hall–Kier alpha value is -2.69. The molecule has 25 heavy (non-hydrogen) atoms. The number of halogens is 2. The number of carbonyl (C=O) groups excluding carboxylic acids is 1. The lowest BCUT2D eigenvalue weighted by Gasteiger charge is -2.09. The molecule has 3 rings (SSSR count). The zero-order valence-corrected chi connectivity index (χ0v) is 14.5. The molecule has 0 spiro atoms. The lowest BCUT2D eigenvalue weighted by atomic mass is 10.0. The molecule has 0 radical (unpaired) electrons. The smallest absolute Gasteiger partial charge is 0.267 e. The van der Waals surface area contributed by atoms with Crippen molar-refractivity contribution in [1.82, 2.24) is 10.4 Å². The molecule has 4 nitrogen and oxygen atoms in total. The Morgan fingerprint density at radius 2 is 1.64 bits per heavy atom. The van der Waals surface area contributed by atoms with Crippen LogP contribution in [0.3, 0.4) is 0 Å². The molecule has 0 aliphatic carbocycles. The van der Waals surface area contributed by atoms with Crippen molar-refractivity contribution in [2.45, 2.75) is 0 Å². The molecule has 0 aliphatic rings. The molecular weight excluding hydrogens is 357 g/mol. The second kappa shape index (κ2) is 7.92. The summed E-state index contributed by atoms with van der Waals surface area (Å²) in [7, 11) is 0. The molecule has 1 heterocycles. The molecule has 0 bridgehead atoms. The SMILES string of the molecule is O=C(N/N=C(\c1ccccc1)c1ccc(Cl)c(Cl)c1)c1cccnc1. The van der Waals surface area contributed by atoms with E-state index in [1.807, 2.05) is 30.3 Å². The largest absolute Gasteiger partial charge is 0.272 e. The van der Waals surface area contributed by atoms with Gasteiger partial charge >= 0.3 is 0 Å². The third-order valence-electron chi connectivity index (χ3n) is 3.43. The number of nitrogens with one attached hydrogen (secondary N) is 1. The van der Waals surface area contributed by atoms with Crippen molar-refractivity contribution in [3.8, 4) is 0 Å². The van der Waals surface area contributed by atoms with Crippen LogP contribution in [0, 0.1) is 0 Å². The Kier molecular flexibility index (Phi) is 5.43. The Bertz CT molecular complexity index is 912. The fraction of sp³-hybridized carbons (Fsp3) is 0. The summed E-state index contributed by atoms with van der Waals surface area (Å²) in [6.07, 6.45) is 3.08. The Labute approximate surface area is 155 Å². The van der Waals surface area contributed by atoms with Crippen LogP contribution in [0.5, 0.6) is 0 Å². The van der Waals surface area contributed by atoms with Gasteiger partial charge in [0.15, 0.2) is 0 Å². The van der Waals surface area contributed by atoms with E-state index in [-0.39, 0.29) is 5.91 Å². The van der Waals surface area contributed by atoms with Gasteiger partial charge in [0.1, 0.15) is 0 Å². The maximum atomic E-state index is 12.2. The highest BCUT2D eigenvalue weighted by atomic mass is 35.5. The maximum Gasteiger partial charge on any atom is 0.272 e. The van der Waals surface area contributed by atoms with E-state index in [2.05, 4.69) is 15.5 Å². The summed E-state index contributed by atoms with van der Waals surface area (Å²) in [5.74, 6) is -0.346. The summed E-state index contributed by atoms with van der Waals surface area (Å²) < 4.78 is 0. The van der Waals surface area contributed by atoms with Gasteiger partial charge in [-0.05, 0) is 24.3 Å². The molecule has 0 fully saturated rings. The lowest BCUT2D eigenvalue weighted by Crippen LogP contribution is -2.20. The van der Waals surface area contributed by atoms with Gasteiger partial charge in [-0.2, -0.15) is 5.10 Å². The van der Waals surface area contributed by atoms with Crippen molar-refractivity contribution in [3.63, 3.8) is 0 Å². The molecule has 124 valence electrons. The van der Waals surface area contributed by atoms with E-state index in [0.29, 0.717) is 21.3 Å². The molecule has 0 atom stereocenters. The van der Waals surface area contributed by atoms with Crippen LogP contribution < -0.4 is 5.43 Å². The van der Waals surface area contributed by atoms with Gasteiger partial charge in [0.05, 0.1) is 21.3 Å². The van der Waals surface area contributed by atoms with Gasteiger partial charge in [0.25, 0.3) is 5.91 Å². The summed E-state index contributed by atoms with van der Waals surface area (Å²) in [6.45, 7) is 0. The Balaban J connectivity index is 1.96. The van der Waals surface area contributed by atoms with Crippen molar-refractivity contribution < 1.29 is 4.79 Å². The van der Waals surface area contributed by atoms with Gasteiger partial charge in [-0.25, -0.2) is 5.43 Å². The number of hydrogen-bond acceptors (Lipinski definition) is 3. The number of rotatable bonds is 4. The number of carbonyl (C=O) groups is 1. The number of nitrogens with zero attached hydrogens (tertiary/aromatic N) is 2. The quantitative estimate of drug-likeness (QED) is 0.540. The predicted molar refractivity (Wildman–Crippen MR) is 100 cm³/mol. The normalized spacial score (nSPS) is 11.2. The van der Waals surface area contributed by atoms with Crippen molar-refractivity contribution in [3.05, 3.63) is 99.8 Å². The first kappa shape index (κ1) is 17.1. The van der Waals surface area contributed by atoms with Gasteiger partial charge in [0, 0.05) is 23.5 Å². The summed E-state index contributed by atoms with van der Waals surface area (Å²) in [6, 6.07) is 18.1. The first-order chi connectivity index (χ1) is 12.1. The van der Waals surface area contributed by atoms with Gasteiger partial charge < -0.3 is 0 Å². The molecule has 0 saturated carbocycles. The number of hydrazone groups is 1. The van der Waals surface area contributed by atoms with E-state index in [0.717, 1.165) is 11.1 Å². The molecule has 2 aromatic carbocycles. The van der Waals surface area contributed by atoms with E-state index in [4.69, 9.17) is 23.2 Å². The predicted octanol–water partition coefficient (Wildman–Crippen LogP) is 4.57. The van der Waals surface area contributed by atoms with Crippen LogP contribution in [0.25, 0.3) is 0 Å².